The number of aromatic nitrogens is 3. The standard InChI is InChI=1S/C32H31N5O/c33-31-29-28(24-12-6-2-7-13-24)30(25-14-8-3-9-15-25)36(21-20-23-10-4-1-5-11-23)32(29)34-22-37(31)27-18-16-26(35-38)17-19-27/h1-15,22,26-27,33H,16-21H2/t26-,27-. The topological polar surface area (TPSA) is 76.0 Å². The zero-order chi connectivity index (χ0) is 25.9. The smallest absolute Gasteiger partial charge is 0.146 e. The second-order valence-electron chi connectivity index (χ2n) is 10.1. The highest BCUT2D eigenvalue weighted by Gasteiger charge is 2.27. The lowest BCUT2D eigenvalue weighted by molar-refractivity contribution is 0.314. The largest absolute Gasteiger partial charge is 0.324 e. The monoisotopic (exact) mass is 501 g/mol. The number of nitrogens with one attached hydrogen (secondary N) is 1. The van der Waals surface area contributed by atoms with Crippen molar-refractivity contribution in [1.82, 2.24) is 14.1 Å². The number of nitroso groups, excluding NO2 is 1. The second-order valence-corrected chi connectivity index (χ2v) is 10.1. The average molecular weight is 502 g/mol. The molecule has 1 fully saturated rings. The van der Waals surface area contributed by atoms with Gasteiger partial charge in [-0.25, -0.2) is 4.98 Å². The summed E-state index contributed by atoms with van der Waals surface area (Å²) in [5.74, 6) is 0. The van der Waals surface area contributed by atoms with E-state index >= 15 is 0 Å². The average Bonchev–Trinajstić information content (AvgIpc) is 3.33. The van der Waals surface area contributed by atoms with Gasteiger partial charge in [-0.3, -0.25) is 5.41 Å². The summed E-state index contributed by atoms with van der Waals surface area (Å²) in [6.07, 6.45) is 5.90. The van der Waals surface area contributed by atoms with Crippen molar-refractivity contribution >= 4 is 11.0 Å². The van der Waals surface area contributed by atoms with Crippen LogP contribution in [0.4, 0.5) is 0 Å². The van der Waals surface area contributed by atoms with E-state index in [9.17, 15) is 10.3 Å². The molecular weight excluding hydrogens is 470 g/mol. The lowest BCUT2D eigenvalue weighted by Crippen LogP contribution is -2.29. The summed E-state index contributed by atoms with van der Waals surface area (Å²) in [4.78, 5) is 16.1. The Hall–Kier alpha value is -4.32. The van der Waals surface area contributed by atoms with Crippen LogP contribution in [0.3, 0.4) is 0 Å². The van der Waals surface area contributed by atoms with Crippen LogP contribution < -0.4 is 5.49 Å². The van der Waals surface area contributed by atoms with Crippen LogP contribution in [0.2, 0.25) is 0 Å². The minimum atomic E-state index is -0.110. The number of benzene rings is 3. The van der Waals surface area contributed by atoms with Crippen molar-refractivity contribution in [3.05, 3.63) is 113 Å². The van der Waals surface area contributed by atoms with Crippen molar-refractivity contribution in [2.75, 3.05) is 0 Å². The molecule has 0 atom stereocenters. The lowest BCUT2D eigenvalue weighted by Gasteiger charge is -2.26. The fourth-order valence-electron chi connectivity index (χ4n) is 5.87. The van der Waals surface area contributed by atoms with Gasteiger partial charge >= 0.3 is 0 Å². The zero-order valence-electron chi connectivity index (χ0n) is 21.3. The molecule has 0 aliphatic heterocycles. The van der Waals surface area contributed by atoms with Crippen LogP contribution in [0.25, 0.3) is 33.4 Å². The molecule has 2 heterocycles. The van der Waals surface area contributed by atoms with Gasteiger partial charge in [0, 0.05) is 18.2 Å². The quantitative estimate of drug-likeness (QED) is 0.241. The Kier molecular flexibility index (Phi) is 6.69. The van der Waals surface area contributed by atoms with Crippen LogP contribution in [0.5, 0.6) is 0 Å². The third kappa shape index (κ3) is 4.47. The molecule has 0 radical (unpaired) electrons. The van der Waals surface area contributed by atoms with E-state index in [4.69, 9.17) is 4.98 Å². The molecule has 0 spiro atoms. The third-order valence-electron chi connectivity index (χ3n) is 7.82. The number of fused-ring (bicyclic) bond motifs is 1. The first-order valence-electron chi connectivity index (χ1n) is 13.4. The molecule has 1 aliphatic rings. The first kappa shape index (κ1) is 24.0. The normalized spacial score (nSPS) is 17.5. The molecule has 6 nitrogen and oxygen atoms in total. The molecule has 0 unspecified atom stereocenters. The minimum absolute atomic E-state index is 0.110. The Balaban J connectivity index is 1.58. The highest BCUT2D eigenvalue weighted by atomic mass is 16.3. The molecule has 6 heteroatoms. The second kappa shape index (κ2) is 10.6. The molecule has 0 bridgehead atoms. The molecule has 38 heavy (non-hydrogen) atoms. The van der Waals surface area contributed by atoms with Crippen LogP contribution in [0.15, 0.2) is 102 Å². The van der Waals surface area contributed by atoms with Gasteiger partial charge in [-0.1, -0.05) is 96.2 Å². The van der Waals surface area contributed by atoms with Gasteiger partial charge in [0.2, 0.25) is 0 Å². The molecule has 1 N–H and O–H groups in total. The molecule has 190 valence electrons. The van der Waals surface area contributed by atoms with Crippen molar-refractivity contribution in [3.63, 3.8) is 0 Å². The van der Waals surface area contributed by atoms with E-state index in [0.29, 0.717) is 5.49 Å². The van der Waals surface area contributed by atoms with Crippen molar-refractivity contribution < 1.29 is 0 Å². The van der Waals surface area contributed by atoms with E-state index in [-0.39, 0.29) is 12.1 Å². The number of rotatable bonds is 7. The van der Waals surface area contributed by atoms with Crippen LogP contribution in [0.1, 0.15) is 37.3 Å². The van der Waals surface area contributed by atoms with Crippen LogP contribution >= 0.6 is 0 Å². The van der Waals surface area contributed by atoms with Gasteiger partial charge in [0.15, 0.2) is 0 Å². The Morgan fingerprint density at radius 2 is 1.42 bits per heavy atom. The molecular formula is C32H31N5O. The maximum atomic E-state index is 11.1. The summed E-state index contributed by atoms with van der Waals surface area (Å²) in [5.41, 5.74) is 6.92. The Morgan fingerprint density at radius 1 is 0.816 bits per heavy atom. The summed E-state index contributed by atoms with van der Waals surface area (Å²) in [6, 6.07) is 31.4. The van der Waals surface area contributed by atoms with E-state index in [1.54, 1.807) is 0 Å². The first-order valence-corrected chi connectivity index (χ1v) is 13.4. The van der Waals surface area contributed by atoms with Gasteiger partial charge in [0.05, 0.1) is 23.4 Å². The lowest BCUT2D eigenvalue weighted by atomic mass is 9.91. The highest BCUT2D eigenvalue weighted by molar-refractivity contribution is 6.02. The number of nitrogens with zero attached hydrogens (tertiary/aromatic N) is 4. The van der Waals surface area contributed by atoms with Crippen molar-refractivity contribution in [3.8, 4) is 22.4 Å². The van der Waals surface area contributed by atoms with Gasteiger partial charge in [-0.15, -0.1) is 0 Å². The summed E-state index contributed by atoms with van der Waals surface area (Å²) >= 11 is 0. The van der Waals surface area contributed by atoms with Crippen LogP contribution in [-0.2, 0) is 13.0 Å². The van der Waals surface area contributed by atoms with Gasteiger partial charge in [0.25, 0.3) is 0 Å². The molecule has 1 aliphatic carbocycles. The predicted molar refractivity (Wildman–Crippen MR) is 152 cm³/mol. The fourth-order valence-corrected chi connectivity index (χ4v) is 5.87. The molecule has 1 saturated carbocycles. The van der Waals surface area contributed by atoms with Gasteiger partial charge < -0.3 is 9.13 Å². The van der Waals surface area contributed by atoms with Gasteiger partial charge in [-0.2, -0.15) is 4.91 Å². The molecule has 0 amide bonds. The van der Waals surface area contributed by atoms with Crippen molar-refractivity contribution in [2.24, 2.45) is 5.18 Å². The Labute approximate surface area is 222 Å². The zero-order valence-corrected chi connectivity index (χ0v) is 21.3. The number of hydrogen-bond acceptors (Lipinski definition) is 4. The molecule has 3 aromatic carbocycles. The molecule has 0 saturated heterocycles. The minimum Gasteiger partial charge on any atom is -0.324 e. The Bertz CT molecular complexity index is 1600. The maximum Gasteiger partial charge on any atom is 0.146 e. The fraction of sp³-hybridized carbons (Fsp3) is 0.250. The summed E-state index contributed by atoms with van der Waals surface area (Å²) in [5, 5.41) is 13.6. The summed E-state index contributed by atoms with van der Waals surface area (Å²) in [7, 11) is 0. The Morgan fingerprint density at radius 3 is 2.05 bits per heavy atom. The van der Waals surface area contributed by atoms with E-state index < -0.39 is 0 Å². The summed E-state index contributed by atoms with van der Waals surface area (Å²) in [6.45, 7) is 0.754. The van der Waals surface area contributed by atoms with E-state index in [2.05, 4.69) is 82.5 Å². The van der Waals surface area contributed by atoms with Gasteiger partial charge in [-0.05, 0) is 48.8 Å². The number of hydrogen-bond donors (Lipinski definition) is 1. The molecule has 6 rings (SSSR count). The van der Waals surface area contributed by atoms with E-state index in [1.807, 2.05) is 29.1 Å². The van der Waals surface area contributed by atoms with Crippen molar-refractivity contribution in [1.29, 1.82) is 5.41 Å². The van der Waals surface area contributed by atoms with Crippen LogP contribution in [-0.4, -0.2) is 20.2 Å². The first-order chi connectivity index (χ1) is 18.7. The summed E-state index contributed by atoms with van der Waals surface area (Å²) < 4.78 is 4.32. The number of aryl methyl sites for hydroxylation is 2. The van der Waals surface area contributed by atoms with E-state index in [1.165, 1.54) is 5.56 Å². The predicted octanol–water partition coefficient (Wildman–Crippen LogP) is 7.14. The van der Waals surface area contributed by atoms with Crippen LogP contribution in [0, 0.1) is 10.3 Å². The van der Waals surface area contributed by atoms with E-state index in [0.717, 1.165) is 72.1 Å². The highest BCUT2D eigenvalue weighted by Crippen LogP contribution is 2.39. The molecule has 2 aromatic heterocycles. The SMILES string of the molecule is N=c1c2c(-c3ccccc3)c(-c3ccccc3)n(CCc3ccccc3)c2ncn1[C@H]1CC[C@H](N=O)CC1. The third-order valence-corrected chi connectivity index (χ3v) is 7.82. The maximum absolute atomic E-state index is 11.1. The van der Waals surface area contributed by atoms with Crippen molar-refractivity contribution in [2.45, 2.75) is 50.7 Å². The van der Waals surface area contributed by atoms with Gasteiger partial charge in [0.1, 0.15) is 11.1 Å². The molecule has 5 aromatic rings.